The van der Waals surface area contributed by atoms with Crippen LogP contribution in [-0.4, -0.2) is 25.7 Å². The Hall–Kier alpha value is -1.55. The Morgan fingerprint density at radius 2 is 2.28 bits per heavy atom. The molecular formula is C14H19NO3. The first-order chi connectivity index (χ1) is 8.67. The minimum atomic E-state index is -0.197. The minimum Gasteiger partial charge on any atom is -0.496 e. The highest BCUT2D eigenvalue weighted by atomic mass is 16.5. The monoisotopic (exact) mass is 249 g/mol. The number of hydrogen-bond donors (Lipinski definition) is 1. The third-order valence-corrected chi connectivity index (χ3v) is 3.41. The molecule has 4 heteroatoms. The molecule has 1 aromatic rings. The Labute approximate surface area is 107 Å². The van der Waals surface area contributed by atoms with Gasteiger partial charge in [0.2, 0.25) is 0 Å². The van der Waals surface area contributed by atoms with Gasteiger partial charge in [0, 0.05) is 17.5 Å². The molecule has 2 rings (SSSR count). The number of carbonyl (C=O) groups excluding carboxylic acids is 1. The SMILES string of the molecule is CCOC(=O)CC1c2c(cccc2OC)CC1N. The van der Waals surface area contributed by atoms with Crippen LogP contribution in [0.5, 0.6) is 5.75 Å². The molecule has 0 radical (unpaired) electrons. The molecule has 0 heterocycles. The Morgan fingerprint density at radius 1 is 1.50 bits per heavy atom. The fraction of sp³-hybridized carbons (Fsp3) is 0.500. The summed E-state index contributed by atoms with van der Waals surface area (Å²) in [5, 5.41) is 0. The highest BCUT2D eigenvalue weighted by molar-refractivity contribution is 5.71. The lowest BCUT2D eigenvalue weighted by Crippen LogP contribution is -2.27. The van der Waals surface area contributed by atoms with Crippen LogP contribution in [-0.2, 0) is 16.0 Å². The van der Waals surface area contributed by atoms with Crippen LogP contribution >= 0.6 is 0 Å². The van der Waals surface area contributed by atoms with E-state index in [9.17, 15) is 4.79 Å². The zero-order chi connectivity index (χ0) is 13.1. The maximum atomic E-state index is 11.6. The molecule has 1 aliphatic rings. The smallest absolute Gasteiger partial charge is 0.306 e. The van der Waals surface area contributed by atoms with Gasteiger partial charge in [-0.1, -0.05) is 12.1 Å². The van der Waals surface area contributed by atoms with E-state index in [0.717, 1.165) is 17.7 Å². The first-order valence-electron chi connectivity index (χ1n) is 6.24. The summed E-state index contributed by atoms with van der Waals surface area (Å²) in [6.45, 7) is 2.21. The summed E-state index contributed by atoms with van der Waals surface area (Å²) in [7, 11) is 1.64. The van der Waals surface area contributed by atoms with Crippen LogP contribution in [0.4, 0.5) is 0 Å². The van der Waals surface area contributed by atoms with Crippen LogP contribution in [0.1, 0.15) is 30.4 Å². The molecule has 2 atom stereocenters. The largest absolute Gasteiger partial charge is 0.496 e. The normalized spacial score (nSPS) is 21.5. The lowest BCUT2D eigenvalue weighted by Gasteiger charge is -2.17. The van der Waals surface area contributed by atoms with Crippen LogP contribution in [0.25, 0.3) is 0 Å². The van der Waals surface area contributed by atoms with Gasteiger partial charge in [0.1, 0.15) is 5.75 Å². The number of carbonyl (C=O) groups is 1. The third kappa shape index (κ3) is 2.34. The number of methoxy groups -OCH3 is 1. The van der Waals surface area contributed by atoms with E-state index in [4.69, 9.17) is 15.2 Å². The van der Waals surface area contributed by atoms with E-state index in [0.29, 0.717) is 13.0 Å². The molecule has 4 nitrogen and oxygen atoms in total. The Balaban J connectivity index is 2.26. The van der Waals surface area contributed by atoms with Crippen molar-refractivity contribution >= 4 is 5.97 Å². The first-order valence-corrected chi connectivity index (χ1v) is 6.24. The zero-order valence-corrected chi connectivity index (χ0v) is 10.8. The van der Waals surface area contributed by atoms with Crippen molar-refractivity contribution in [3.05, 3.63) is 29.3 Å². The van der Waals surface area contributed by atoms with Crippen molar-refractivity contribution in [1.29, 1.82) is 0 Å². The van der Waals surface area contributed by atoms with Gasteiger partial charge < -0.3 is 15.2 Å². The fourth-order valence-electron chi connectivity index (χ4n) is 2.63. The van der Waals surface area contributed by atoms with E-state index < -0.39 is 0 Å². The Morgan fingerprint density at radius 3 is 2.94 bits per heavy atom. The van der Waals surface area contributed by atoms with Crippen molar-refractivity contribution in [2.75, 3.05) is 13.7 Å². The highest BCUT2D eigenvalue weighted by Crippen LogP contribution is 2.40. The predicted molar refractivity (Wildman–Crippen MR) is 68.7 cm³/mol. The van der Waals surface area contributed by atoms with Crippen molar-refractivity contribution < 1.29 is 14.3 Å². The second kappa shape index (κ2) is 5.40. The molecule has 0 saturated carbocycles. The fourth-order valence-corrected chi connectivity index (χ4v) is 2.63. The molecule has 0 spiro atoms. The summed E-state index contributed by atoms with van der Waals surface area (Å²) in [5.41, 5.74) is 8.38. The highest BCUT2D eigenvalue weighted by Gasteiger charge is 2.34. The summed E-state index contributed by atoms with van der Waals surface area (Å²) in [6, 6.07) is 5.87. The summed E-state index contributed by atoms with van der Waals surface area (Å²) in [4.78, 5) is 11.6. The van der Waals surface area contributed by atoms with Crippen LogP contribution in [0, 0.1) is 0 Å². The van der Waals surface area contributed by atoms with E-state index in [1.54, 1.807) is 14.0 Å². The van der Waals surface area contributed by atoms with E-state index in [1.165, 1.54) is 5.56 Å². The average molecular weight is 249 g/mol. The first kappa shape index (κ1) is 12.9. The van der Waals surface area contributed by atoms with Crippen molar-refractivity contribution in [3.63, 3.8) is 0 Å². The van der Waals surface area contributed by atoms with Crippen LogP contribution in [0.2, 0.25) is 0 Å². The summed E-state index contributed by atoms with van der Waals surface area (Å²) in [6.07, 6.45) is 1.11. The van der Waals surface area contributed by atoms with Gasteiger partial charge in [-0.2, -0.15) is 0 Å². The van der Waals surface area contributed by atoms with Gasteiger partial charge in [-0.25, -0.2) is 0 Å². The predicted octanol–water partition coefficient (Wildman–Crippen LogP) is 1.62. The molecule has 0 amide bonds. The van der Waals surface area contributed by atoms with Crippen molar-refractivity contribution in [1.82, 2.24) is 0 Å². The maximum absolute atomic E-state index is 11.6. The van der Waals surface area contributed by atoms with Crippen molar-refractivity contribution in [2.24, 2.45) is 5.73 Å². The molecule has 1 aromatic carbocycles. The van der Waals surface area contributed by atoms with Gasteiger partial charge in [-0.15, -0.1) is 0 Å². The molecule has 0 bridgehead atoms. The average Bonchev–Trinajstić information content (AvgIpc) is 2.66. The maximum Gasteiger partial charge on any atom is 0.306 e. The Kier molecular flexibility index (Phi) is 3.87. The molecule has 18 heavy (non-hydrogen) atoms. The van der Waals surface area contributed by atoms with E-state index in [2.05, 4.69) is 0 Å². The van der Waals surface area contributed by atoms with Gasteiger partial charge in [-0.05, 0) is 25.0 Å². The topological polar surface area (TPSA) is 61.5 Å². The molecule has 1 aliphatic carbocycles. The summed E-state index contributed by atoms with van der Waals surface area (Å²) < 4.78 is 10.4. The molecule has 0 aromatic heterocycles. The molecule has 0 aliphatic heterocycles. The summed E-state index contributed by atoms with van der Waals surface area (Å²) >= 11 is 0. The lowest BCUT2D eigenvalue weighted by atomic mass is 9.94. The second-order valence-electron chi connectivity index (χ2n) is 4.52. The third-order valence-electron chi connectivity index (χ3n) is 3.41. The molecular weight excluding hydrogens is 230 g/mol. The van der Waals surface area contributed by atoms with Crippen LogP contribution < -0.4 is 10.5 Å². The number of esters is 1. The van der Waals surface area contributed by atoms with Crippen molar-refractivity contribution in [3.8, 4) is 5.75 Å². The van der Waals surface area contributed by atoms with Gasteiger partial charge in [0.05, 0.1) is 20.1 Å². The lowest BCUT2D eigenvalue weighted by molar-refractivity contribution is -0.143. The molecule has 0 saturated heterocycles. The van der Waals surface area contributed by atoms with Crippen LogP contribution in [0.15, 0.2) is 18.2 Å². The molecule has 2 N–H and O–H groups in total. The van der Waals surface area contributed by atoms with Crippen LogP contribution in [0.3, 0.4) is 0 Å². The van der Waals surface area contributed by atoms with Gasteiger partial charge >= 0.3 is 5.97 Å². The van der Waals surface area contributed by atoms with Crippen molar-refractivity contribution in [2.45, 2.75) is 31.7 Å². The number of benzene rings is 1. The standard InChI is InChI=1S/C14H19NO3/c1-3-18-13(16)8-10-11(15)7-9-5-4-6-12(17-2)14(9)10/h4-6,10-11H,3,7-8,15H2,1-2H3. The minimum absolute atomic E-state index is 0.00444. The van der Waals surface area contributed by atoms with Gasteiger partial charge in [0.15, 0.2) is 0 Å². The molecule has 2 unspecified atom stereocenters. The zero-order valence-electron chi connectivity index (χ0n) is 10.8. The number of rotatable bonds is 4. The van der Waals surface area contributed by atoms with E-state index in [1.807, 2.05) is 18.2 Å². The van der Waals surface area contributed by atoms with E-state index >= 15 is 0 Å². The van der Waals surface area contributed by atoms with Gasteiger partial charge in [-0.3, -0.25) is 4.79 Å². The summed E-state index contributed by atoms with van der Waals surface area (Å²) in [5.74, 6) is 0.613. The number of fused-ring (bicyclic) bond motifs is 1. The number of hydrogen-bond acceptors (Lipinski definition) is 4. The number of ether oxygens (including phenoxy) is 2. The molecule has 0 fully saturated rings. The Bertz CT molecular complexity index is 445. The number of nitrogens with two attached hydrogens (primary N) is 1. The molecule has 98 valence electrons. The van der Waals surface area contributed by atoms with Gasteiger partial charge in [0.25, 0.3) is 0 Å². The quantitative estimate of drug-likeness (QED) is 0.824. The van der Waals surface area contributed by atoms with E-state index in [-0.39, 0.29) is 17.9 Å². The second-order valence-corrected chi connectivity index (χ2v) is 4.52.